The molecule has 2 rings (SSSR count). The molecule has 4 heteroatoms. The van der Waals surface area contributed by atoms with Crippen molar-refractivity contribution >= 4 is 23.3 Å². The van der Waals surface area contributed by atoms with Gasteiger partial charge in [-0.1, -0.05) is 0 Å². The second kappa shape index (κ2) is 4.10. The van der Waals surface area contributed by atoms with E-state index in [1.165, 1.54) is 30.5 Å². The van der Waals surface area contributed by atoms with Gasteiger partial charge in [-0.15, -0.1) is 0 Å². The number of allylic oxidation sites excluding steroid dienone is 1. The lowest BCUT2D eigenvalue weighted by Gasteiger charge is -1.97. The van der Waals surface area contributed by atoms with E-state index in [0.717, 1.165) is 6.07 Å². The Morgan fingerprint density at radius 1 is 1.31 bits per heavy atom. The Morgan fingerprint density at radius 2 is 2.12 bits per heavy atom. The van der Waals surface area contributed by atoms with Crippen molar-refractivity contribution in [1.29, 1.82) is 0 Å². The summed E-state index contributed by atoms with van der Waals surface area (Å²) in [7, 11) is 0. The van der Waals surface area contributed by atoms with E-state index in [1.54, 1.807) is 0 Å². The summed E-state index contributed by atoms with van der Waals surface area (Å²) in [5.41, 5.74) is 0.152. The monoisotopic (exact) mass is 218 g/mol. The number of fused-ring (bicyclic) bond motifs is 1. The van der Waals surface area contributed by atoms with Crippen LogP contribution in [0.4, 0.5) is 4.39 Å². The van der Waals surface area contributed by atoms with Gasteiger partial charge in [0.2, 0.25) is 0 Å². The molecule has 0 atom stereocenters. The predicted octanol–water partition coefficient (Wildman–Crippen LogP) is 2.14. The van der Waals surface area contributed by atoms with E-state index in [9.17, 15) is 14.0 Å². The minimum Gasteiger partial charge on any atom is -0.463 e. The molecule has 0 aliphatic rings. The fourth-order valence-electron chi connectivity index (χ4n) is 1.38. The van der Waals surface area contributed by atoms with Crippen LogP contribution in [0, 0.1) is 5.82 Å². The second-order valence-corrected chi connectivity index (χ2v) is 3.16. The maximum Gasteiger partial charge on any atom is 0.199 e. The average Bonchev–Trinajstić information content (AvgIpc) is 2.28. The zero-order chi connectivity index (χ0) is 11.5. The van der Waals surface area contributed by atoms with Crippen molar-refractivity contribution in [2.75, 3.05) is 0 Å². The van der Waals surface area contributed by atoms with Gasteiger partial charge in [0.15, 0.2) is 5.43 Å². The van der Waals surface area contributed by atoms with Crippen LogP contribution in [-0.4, -0.2) is 6.29 Å². The fraction of sp³-hybridized carbons (Fsp3) is 0. The van der Waals surface area contributed by atoms with Gasteiger partial charge in [0.25, 0.3) is 0 Å². The molecule has 0 saturated carbocycles. The Labute approximate surface area is 89.8 Å². The molecule has 1 aromatic carbocycles. The highest BCUT2D eigenvalue weighted by atomic mass is 19.1. The number of rotatable bonds is 2. The Kier molecular flexibility index (Phi) is 2.64. The molecule has 3 nitrogen and oxygen atoms in total. The summed E-state index contributed by atoms with van der Waals surface area (Å²) in [5.74, 6) is -0.466. The molecule has 2 aromatic rings. The molecule has 1 heterocycles. The van der Waals surface area contributed by atoms with Crippen molar-refractivity contribution < 1.29 is 13.6 Å². The number of hydrogen-bond acceptors (Lipinski definition) is 3. The summed E-state index contributed by atoms with van der Waals surface area (Å²) in [6.07, 6.45) is 4.31. The van der Waals surface area contributed by atoms with Gasteiger partial charge in [0, 0.05) is 6.07 Å². The van der Waals surface area contributed by atoms with Crippen molar-refractivity contribution in [2.24, 2.45) is 0 Å². The second-order valence-electron chi connectivity index (χ2n) is 3.16. The third kappa shape index (κ3) is 1.77. The van der Waals surface area contributed by atoms with Gasteiger partial charge in [-0.05, 0) is 24.3 Å². The summed E-state index contributed by atoms with van der Waals surface area (Å²) < 4.78 is 17.9. The van der Waals surface area contributed by atoms with E-state index in [4.69, 9.17) is 4.42 Å². The maximum absolute atomic E-state index is 12.8. The van der Waals surface area contributed by atoms with Gasteiger partial charge in [0.1, 0.15) is 23.9 Å². The first kappa shape index (κ1) is 10.3. The molecule has 0 unspecified atom stereocenters. The summed E-state index contributed by atoms with van der Waals surface area (Å²) in [5, 5.41) is 0.287. The van der Waals surface area contributed by atoms with E-state index < -0.39 is 5.82 Å². The number of halogens is 1. The van der Waals surface area contributed by atoms with Crippen molar-refractivity contribution in [2.45, 2.75) is 0 Å². The largest absolute Gasteiger partial charge is 0.463 e. The number of carbonyl (C=O) groups excluding carboxylic acids is 1. The lowest BCUT2D eigenvalue weighted by Crippen LogP contribution is -2.04. The third-order valence-electron chi connectivity index (χ3n) is 2.12. The van der Waals surface area contributed by atoms with E-state index in [1.807, 2.05) is 0 Å². The molecular weight excluding hydrogens is 211 g/mol. The molecule has 0 aliphatic carbocycles. The van der Waals surface area contributed by atoms with Crippen molar-refractivity contribution in [3.8, 4) is 0 Å². The minimum atomic E-state index is -0.466. The zero-order valence-corrected chi connectivity index (χ0v) is 8.14. The first-order valence-corrected chi connectivity index (χ1v) is 4.55. The molecule has 0 N–H and O–H groups in total. The Hall–Kier alpha value is -2.23. The van der Waals surface area contributed by atoms with Crippen LogP contribution in [0.5, 0.6) is 0 Å². The number of hydrogen-bond donors (Lipinski definition) is 0. The molecule has 0 bridgehead atoms. The summed E-state index contributed by atoms with van der Waals surface area (Å²) >= 11 is 0. The van der Waals surface area contributed by atoms with Crippen molar-refractivity contribution in [1.82, 2.24) is 0 Å². The standard InChI is InChI=1S/C12H7FO3/c13-9-3-4-10-11(6-9)16-7-8(12(10)15)2-1-5-14/h1-7H/b2-1+. The normalized spacial score (nSPS) is 11.1. The number of carbonyl (C=O) groups is 1. The van der Waals surface area contributed by atoms with Crippen LogP contribution in [0.3, 0.4) is 0 Å². The SMILES string of the molecule is O=C/C=C/c1coc2cc(F)ccc2c1=O. The van der Waals surface area contributed by atoms with Gasteiger partial charge < -0.3 is 4.42 Å². The zero-order valence-electron chi connectivity index (χ0n) is 8.14. The highest BCUT2D eigenvalue weighted by molar-refractivity contribution is 5.80. The van der Waals surface area contributed by atoms with E-state index in [2.05, 4.69) is 0 Å². The number of benzene rings is 1. The molecule has 0 spiro atoms. The Morgan fingerprint density at radius 3 is 2.88 bits per heavy atom. The molecule has 0 fully saturated rings. The van der Waals surface area contributed by atoms with Crippen LogP contribution in [-0.2, 0) is 4.79 Å². The molecule has 0 saturated heterocycles. The Balaban J connectivity index is 2.70. The lowest BCUT2D eigenvalue weighted by atomic mass is 10.1. The summed E-state index contributed by atoms with van der Waals surface area (Å²) in [6, 6.07) is 3.69. The molecule has 0 radical (unpaired) electrons. The third-order valence-corrected chi connectivity index (χ3v) is 2.12. The van der Waals surface area contributed by atoms with Crippen molar-refractivity contribution in [3.05, 3.63) is 52.1 Å². The first-order chi connectivity index (χ1) is 7.72. The maximum atomic E-state index is 12.8. The molecule has 0 amide bonds. The van der Waals surface area contributed by atoms with Crippen LogP contribution in [0.2, 0.25) is 0 Å². The van der Waals surface area contributed by atoms with Crippen LogP contribution in [0.25, 0.3) is 17.0 Å². The molecular formula is C12H7FO3. The van der Waals surface area contributed by atoms with Gasteiger partial charge in [-0.2, -0.15) is 0 Å². The van der Waals surface area contributed by atoms with Gasteiger partial charge in [0.05, 0.1) is 10.9 Å². The van der Waals surface area contributed by atoms with Gasteiger partial charge >= 0.3 is 0 Å². The average molecular weight is 218 g/mol. The van der Waals surface area contributed by atoms with Gasteiger partial charge in [-0.25, -0.2) is 4.39 Å². The summed E-state index contributed by atoms with van der Waals surface area (Å²) in [4.78, 5) is 21.9. The quantitative estimate of drug-likeness (QED) is 0.573. The molecule has 1 aromatic heterocycles. The lowest BCUT2D eigenvalue weighted by molar-refractivity contribution is -0.104. The minimum absolute atomic E-state index is 0.188. The van der Waals surface area contributed by atoms with Crippen LogP contribution in [0.1, 0.15) is 5.56 Å². The van der Waals surface area contributed by atoms with E-state index in [0.29, 0.717) is 6.29 Å². The fourth-order valence-corrected chi connectivity index (χ4v) is 1.38. The van der Waals surface area contributed by atoms with Crippen LogP contribution >= 0.6 is 0 Å². The van der Waals surface area contributed by atoms with Crippen molar-refractivity contribution in [3.63, 3.8) is 0 Å². The Bertz CT molecular complexity index is 626. The first-order valence-electron chi connectivity index (χ1n) is 4.55. The van der Waals surface area contributed by atoms with Crippen LogP contribution < -0.4 is 5.43 Å². The highest BCUT2D eigenvalue weighted by Gasteiger charge is 2.05. The van der Waals surface area contributed by atoms with E-state index >= 15 is 0 Å². The van der Waals surface area contributed by atoms with Crippen LogP contribution in [0.15, 0.2) is 39.7 Å². The van der Waals surface area contributed by atoms with E-state index in [-0.39, 0.29) is 22.0 Å². The summed E-state index contributed by atoms with van der Waals surface area (Å²) in [6.45, 7) is 0. The number of aldehydes is 1. The molecule has 16 heavy (non-hydrogen) atoms. The molecule has 0 aliphatic heterocycles. The topological polar surface area (TPSA) is 47.3 Å². The molecule has 80 valence electrons. The predicted molar refractivity (Wildman–Crippen MR) is 57.5 cm³/mol. The van der Waals surface area contributed by atoms with Gasteiger partial charge in [-0.3, -0.25) is 9.59 Å². The smallest absolute Gasteiger partial charge is 0.199 e. The highest BCUT2D eigenvalue weighted by Crippen LogP contribution is 2.13.